The summed E-state index contributed by atoms with van der Waals surface area (Å²) in [5.74, 6) is 0.0143. The Kier molecular flexibility index (Phi) is 6.83. The maximum absolute atomic E-state index is 13.4. The molecule has 7 nitrogen and oxygen atoms in total. The number of aliphatic hydroxyl groups excluding tert-OH is 2. The van der Waals surface area contributed by atoms with Crippen LogP contribution < -0.4 is 5.73 Å². The average Bonchev–Trinajstić information content (AvgIpc) is 3.24. The Bertz CT molecular complexity index is 1120. The zero-order valence-electron chi connectivity index (χ0n) is 27.7. The molecule has 1 saturated heterocycles. The van der Waals surface area contributed by atoms with E-state index in [0.717, 1.165) is 51.4 Å². The molecule has 0 bridgehead atoms. The molecule has 1 heterocycles. The molecule has 42 heavy (non-hydrogen) atoms. The molecule has 0 aromatic carbocycles. The standard InChI is InChI=1S/C35H59NO6/c1-19(2)25(36)28(39)41-21-16-22-32(8)17-20(37)26(33(9)12-11-24(42-33)30(5,6)40)31(32,7)14-15-34(22)18-35(34)13-10-23(38)29(3,4)27(21)35/h19-27,37-38,40H,10-18,36H2,1-9H3/t20-,21-,22?,23-,24-,25?,26-,27-,31+,32-,33+,34?,35+/m0/s1. The number of fused-ring (bicyclic) bond motifs is 2. The highest BCUT2D eigenvalue weighted by molar-refractivity contribution is 5.76. The fourth-order valence-corrected chi connectivity index (χ4v) is 12.7. The number of nitrogens with two attached hydrogens (primary N) is 1. The number of hydrogen-bond acceptors (Lipinski definition) is 7. The van der Waals surface area contributed by atoms with E-state index in [1.54, 1.807) is 0 Å². The number of hydrogen-bond donors (Lipinski definition) is 4. The number of ether oxygens (including phenoxy) is 2. The second-order valence-electron chi connectivity index (χ2n) is 18.1. The minimum atomic E-state index is -0.923. The van der Waals surface area contributed by atoms with Gasteiger partial charge in [-0.25, -0.2) is 0 Å². The van der Waals surface area contributed by atoms with E-state index in [1.807, 2.05) is 27.7 Å². The molecule has 0 aromatic heterocycles. The van der Waals surface area contributed by atoms with E-state index in [9.17, 15) is 20.1 Å². The van der Waals surface area contributed by atoms with Crippen molar-refractivity contribution in [1.29, 1.82) is 0 Å². The molecule has 7 heteroatoms. The molecule has 0 amide bonds. The van der Waals surface area contributed by atoms with Crippen LogP contribution >= 0.6 is 0 Å². The number of rotatable bonds is 5. The van der Waals surface area contributed by atoms with Gasteiger partial charge in [0, 0.05) is 11.8 Å². The molecule has 6 fully saturated rings. The van der Waals surface area contributed by atoms with Crippen LogP contribution in [0.25, 0.3) is 0 Å². The molecule has 2 spiro atoms. The van der Waals surface area contributed by atoms with Crippen molar-refractivity contribution in [2.45, 2.75) is 162 Å². The topological polar surface area (TPSA) is 122 Å². The highest BCUT2D eigenvalue weighted by atomic mass is 16.5. The van der Waals surface area contributed by atoms with Crippen molar-refractivity contribution in [3.05, 3.63) is 0 Å². The lowest BCUT2D eigenvalue weighted by molar-refractivity contribution is -0.221. The summed E-state index contributed by atoms with van der Waals surface area (Å²) in [5, 5.41) is 34.0. The van der Waals surface area contributed by atoms with Crippen LogP contribution in [0.5, 0.6) is 0 Å². The summed E-state index contributed by atoms with van der Waals surface area (Å²) in [6.45, 7) is 18.9. The monoisotopic (exact) mass is 589 g/mol. The smallest absolute Gasteiger partial charge is 0.323 e. The molecule has 1 aliphatic heterocycles. The lowest BCUT2D eigenvalue weighted by Crippen LogP contribution is -2.63. The molecule has 6 aliphatic rings. The van der Waals surface area contributed by atoms with Gasteiger partial charge in [-0.3, -0.25) is 4.79 Å². The fraction of sp³-hybridized carbons (Fsp3) is 0.971. The lowest BCUT2D eigenvalue weighted by atomic mass is 9.41. The number of carbonyl (C=O) groups excluding carboxylic acids is 1. The van der Waals surface area contributed by atoms with Gasteiger partial charge in [-0.2, -0.15) is 0 Å². The second kappa shape index (κ2) is 9.18. The molecule has 5 aliphatic carbocycles. The Morgan fingerprint density at radius 1 is 0.952 bits per heavy atom. The average molecular weight is 590 g/mol. The summed E-state index contributed by atoms with van der Waals surface area (Å²) in [6, 6.07) is -0.670. The number of esters is 1. The van der Waals surface area contributed by atoms with E-state index in [0.29, 0.717) is 12.3 Å². The highest BCUT2D eigenvalue weighted by Gasteiger charge is 2.85. The third-order valence-corrected chi connectivity index (χ3v) is 15.0. The van der Waals surface area contributed by atoms with Crippen LogP contribution in [-0.4, -0.2) is 62.9 Å². The SMILES string of the molecule is CC(C)C(N)C(=O)O[C@H]1CC2C3(CC[C@]4(C)[C@@H]([C@@]5(C)CC[C@@H](C(C)(C)O)O5)[C@@H](O)C[C@@]24C)C[C@@]32CC[C@H](O)C(C)(C)[C@H]12. The Morgan fingerprint density at radius 3 is 2.21 bits per heavy atom. The third-order valence-electron chi connectivity index (χ3n) is 15.0. The van der Waals surface area contributed by atoms with Gasteiger partial charge in [-0.1, -0.05) is 41.5 Å². The first kappa shape index (κ1) is 31.3. The quantitative estimate of drug-likeness (QED) is 0.334. The second-order valence-corrected chi connectivity index (χ2v) is 18.1. The molecule has 13 atom stereocenters. The Hall–Kier alpha value is -0.730. The van der Waals surface area contributed by atoms with E-state index in [4.69, 9.17) is 15.2 Å². The van der Waals surface area contributed by atoms with Crippen LogP contribution in [0, 0.1) is 50.7 Å². The molecule has 5 saturated carbocycles. The first-order chi connectivity index (χ1) is 19.2. The van der Waals surface area contributed by atoms with Crippen molar-refractivity contribution in [1.82, 2.24) is 0 Å². The summed E-state index contributed by atoms with van der Waals surface area (Å²) in [6.07, 6.45) is 6.64. The van der Waals surface area contributed by atoms with E-state index in [1.165, 1.54) is 0 Å². The fourth-order valence-electron chi connectivity index (χ4n) is 12.7. The van der Waals surface area contributed by atoms with Crippen LogP contribution in [0.1, 0.15) is 120 Å². The van der Waals surface area contributed by atoms with Gasteiger partial charge in [0.15, 0.2) is 0 Å². The summed E-state index contributed by atoms with van der Waals surface area (Å²) >= 11 is 0. The van der Waals surface area contributed by atoms with Crippen LogP contribution in [0.3, 0.4) is 0 Å². The summed E-state index contributed by atoms with van der Waals surface area (Å²) in [5.41, 5.74) is 4.40. The molecule has 0 aromatic rings. The van der Waals surface area contributed by atoms with Crippen molar-refractivity contribution in [3.8, 4) is 0 Å². The minimum Gasteiger partial charge on any atom is -0.461 e. The van der Waals surface area contributed by atoms with E-state index in [-0.39, 0.29) is 63.0 Å². The Morgan fingerprint density at radius 2 is 1.62 bits per heavy atom. The van der Waals surface area contributed by atoms with Crippen molar-refractivity contribution < 1.29 is 29.6 Å². The lowest BCUT2D eigenvalue weighted by Gasteiger charge is -2.64. The summed E-state index contributed by atoms with van der Waals surface area (Å²) < 4.78 is 13.2. The molecule has 3 unspecified atom stereocenters. The Labute approximate surface area is 253 Å². The zero-order chi connectivity index (χ0) is 31.1. The van der Waals surface area contributed by atoms with Gasteiger partial charge < -0.3 is 30.5 Å². The van der Waals surface area contributed by atoms with E-state index < -0.39 is 29.5 Å². The van der Waals surface area contributed by atoms with Gasteiger partial charge in [-0.15, -0.1) is 0 Å². The van der Waals surface area contributed by atoms with Gasteiger partial charge in [0.2, 0.25) is 0 Å². The zero-order valence-corrected chi connectivity index (χ0v) is 27.7. The Balaban J connectivity index is 1.39. The van der Waals surface area contributed by atoms with Crippen LogP contribution in [0.4, 0.5) is 0 Å². The molecule has 0 radical (unpaired) electrons. The van der Waals surface area contributed by atoms with E-state index >= 15 is 0 Å². The maximum Gasteiger partial charge on any atom is 0.323 e. The van der Waals surface area contributed by atoms with Crippen LogP contribution in [0.15, 0.2) is 0 Å². The predicted molar refractivity (Wildman–Crippen MR) is 161 cm³/mol. The van der Waals surface area contributed by atoms with Crippen molar-refractivity contribution >= 4 is 5.97 Å². The first-order valence-electron chi connectivity index (χ1n) is 16.9. The van der Waals surface area contributed by atoms with Crippen LogP contribution in [0.2, 0.25) is 0 Å². The minimum absolute atomic E-state index is 0.0128. The molecule has 240 valence electrons. The predicted octanol–water partition coefficient (Wildman–Crippen LogP) is 4.97. The largest absolute Gasteiger partial charge is 0.461 e. The van der Waals surface area contributed by atoms with Gasteiger partial charge in [0.1, 0.15) is 12.1 Å². The van der Waals surface area contributed by atoms with Crippen molar-refractivity contribution in [3.63, 3.8) is 0 Å². The maximum atomic E-state index is 13.4. The van der Waals surface area contributed by atoms with Crippen LogP contribution in [-0.2, 0) is 14.3 Å². The highest BCUT2D eigenvalue weighted by Crippen LogP contribution is 2.89. The number of aliphatic hydroxyl groups is 3. The molecule has 6 rings (SSSR count). The molecular formula is C35H59NO6. The van der Waals surface area contributed by atoms with Crippen molar-refractivity contribution in [2.75, 3.05) is 0 Å². The first-order valence-corrected chi connectivity index (χ1v) is 16.9. The van der Waals surface area contributed by atoms with E-state index in [2.05, 4.69) is 34.6 Å². The molecule has 5 N–H and O–H groups in total. The van der Waals surface area contributed by atoms with Gasteiger partial charge in [0.05, 0.1) is 29.5 Å². The summed E-state index contributed by atoms with van der Waals surface area (Å²) in [7, 11) is 0. The summed E-state index contributed by atoms with van der Waals surface area (Å²) in [4.78, 5) is 13.4. The number of carbonyl (C=O) groups is 1. The third kappa shape index (κ3) is 3.85. The van der Waals surface area contributed by atoms with Gasteiger partial charge in [-0.05, 0) is 117 Å². The normalized spacial score (nSPS) is 53.5. The van der Waals surface area contributed by atoms with Gasteiger partial charge in [0.25, 0.3) is 0 Å². The van der Waals surface area contributed by atoms with Crippen molar-refractivity contribution in [2.24, 2.45) is 56.5 Å². The van der Waals surface area contributed by atoms with Gasteiger partial charge >= 0.3 is 5.97 Å². The molecular weight excluding hydrogens is 530 g/mol.